The highest BCUT2D eigenvalue weighted by atomic mass is 16.2. The molecule has 0 aromatic carbocycles. The quantitative estimate of drug-likeness (QED) is 0.811. The molecule has 0 aromatic heterocycles. The van der Waals surface area contributed by atoms with Gasteiger partial charge in [-0.25, -0.2) is 0 Å². The van der Waals surface area contributed by atoms with Crippen LogP contribution >= 0.6 is 0 Å². The van der Waals surface area contributed by atoms with Gasteiger partial charge in [0.25, 0.3) is 0 Å². The van der Waals surface area contributed by atoms with E-state index in [0.29, 0.717) is 5.41 Å². The second kappa shape index (κ2) is 6.34. The molecular formula is C20H34N2O2. The van der Waals surface area contributed by atoms with E-state index in [0.717, 1.165) is 30.7 Å². The predicted octanol–water partition coefficient (Wildman–Crippen LogP) is 3.26. The van der Waals surface area contributed by atoms with E-state index in [1.807, 2.05) is 20.8 Å². The van der Waals surface area contributed by atoms with Gasteiger partial charge in [-0.05, 0) is 75.0 Å². The first-order valence-electron chi connectivity index (χ1n) is 9.75. The second-order valence-corrected chi connectivity index (χ2v) is 9.90. The smallest absolute Gasteiger partial charge is 0.242 e. The Morgan fingerprint density at radius 2 is 1.54 bits per heavy atom. The Morgan fingerprint density at radius 3 is 2.00 bits per heavy atom. The van der Waals surface area contributed by atoms with Crippen molar-refractivity contribution in [2.45, 2.75) is 78.7 Å². The number of hydrogen-bond donors (Lipinski definition) is 2. The van der Waals surface area contributed by atoms with Crippen LogP contribution in [0.15, 0.2) is 0 Å². The molecule has 1 unspecified atom stereocenters. The lowest BCUT2D eigenvalue weighted by Crippen LogP contribution is -2.50. The fourth-order valence-electron chi connectivity index (χ4n) is 5.68. The molecule has 0 aromatic rings. The molecule has 2 N–H and O–H groups in total. The summed E-state index contributed by atoms with van der Waals surface area (Å²) in [6.07, 6.45) is 9.63. The van der Waals surface area contributed by atoms with Crippen molar-refractivity contribution in [1.82, 2.24) is 10.6 Å². The molecule has 4 fully saturated rings. The van der Waals surface area contributed by atoms with Crippen LogP contribution in [-0.4, -0.2) is 24.4 Å². The minimum Gasteiger partial charge on any atom is -0.354 e. The first kappa shape index (κ1) is 17.8. The molecule has 1 atom stereocenters. The SMILES string of the molecule is CC(NC(=O)C(C)(C)C)C(=O)NCCC12CC3CC(CC(C3)C1)C2. The van der Waals surface area contributed by atoms with E-state index < -0.39 is 11.5 Å². The maximum atomic E-state index is 12.3. The first-order chi connectivity index (χ1) is 11.2. The third-order valence-corrected chi connectivity index (χ3v) is 6.54. The fraction of sp³-hybridized carbons (Fsp3) is 0.900. The van der Waals surface area contributed by atoms with Crippen molar-refractivity contribution in [2.75, 3.05) is 6.54 Å². The van der Waals surface area contributed by atoms with E-state index in [1.54, 1.807) is 6.92 Å². The summed E-state index contributed by atoms with van der Waals surface area (Å²) in [5, 5.41) is 5.87. The van der Waals surface area contributed by atoms with Gasteiger partial charge in [0, 0.05) is 12.0 Å². The highest BCUT2D eigenvalue weighted by Crippen LogP contribution is 2.61. The molecule has 0 aliphatic heterocycles. The largest absolute Gasteiger partial charge is 0.354 e. The molecule has 136 valence electrons. The summed E-state index contributed by atoms with van der Waals surface area (Å²) >= 11 is 0. The van der Waals surface area contributed by atoms with Crippen molar-refractivity contribution in [2.24, 2.45) is 28.6 Å². The summed E-state index contributed by atoms with van der Waals surface area (Å²) in [4.78, 5) is 24.3. The Balaban J connectivity index is 1.45. The summed E-state index contributed by atoms with van der Waals surface area (Å²) in [6.45, 7) is 8.10. The number of carbonyl (C=O) groups excluding carboxylic acids is 2. The summed E-state index contributed by atoms with van der Waals surface area (Å²) < 4.78 is 0. The van der Waals surface area contributed by atoms with E-state index in [9.17, 15) is 9.59 Å². The van der Waals surface area contributed by atoms with Gasteiger partial charge < -0.3 is 10.6 Å². The van der Waals surface area contributed by atoms with Gasteiger partial charge >= 0.3 is 0 Å². The predicted molar refractivity (Wildman–Crippen MR) is 95.3 cm³/mol. The van der Waals surface area contributed by atoms with Crippen molar-refractivity contribution in [3.05, 3.63) is 0 Å². The number of amides is 2. The third kappa shape index (κ3) is 3.78. The standard InChI is InChI=1S/C20H34N2O2/c1-13(22-18(24)19(2,3)4)17(23)21-6-5-20-10-14-7-15(11-20)9-16(8-14)12-20/h13-16H,5-12H2,1-4H3,(H,21,23)(H,22,24). The normalized spacial score (nSPS) is 35.6. The molecule has 4 bridgehead atoms. The summed E-state index contributed by atoms with van der Waals surface area (Å²) in [6, 6.07) is -0.465. The van der Waals surface area contributed by atoms with Crippen molar-refractivity contribution < 1.29 is 9.59 Å². The van der Waals surface area contributed by atoms with Crippen LogP contribution in [-0.2, 0) is 9.59 Å². The topological polar surface area (TPSA) is 58.2 Å². The molecule has 4 aliphatic rings. The van der Waals surface area contributed by atoms with E-state index in [4.69, 9.17) is 0 Å². The van der Waals surface area contributed by atoms with Gasteiger partial charge in [0.05, 0.1) is 0 Å². The van der Waals surface area contributed by atoms with Crippen molar-refractivity contribution in [3.8, 4) is 0 Å². The Labute approximate surface area is 146 Å². The number of nitrogens with one attached hydrogen (secondary N) is 2. The van der Waals surface area contributed by atoms with Gasteiger partial charge in [0.15, 0.2) is 0 Å². The first-order valence-corrected chi connectivity index (χ1v) is 9.75. The third-order valence-electron chi connectivity index (χ3n) is 6.54. The zero-order chi connectivity index (χ0) is 17.5. The highest BCUT2D eigenvalue weighted by Gasteiger charge is 2.50. The molecular weight excluding hydrogens is 300 g/mol. The molecule has 4 rings (SSSR count). The molecule has 24 heavy (non-hydrogen) atoms. The highest BCUT2D eigenvalue weighted by molar-refractivity contribution is 5.89. The van der Waals surface area contributed by atoms with Gasteiger partial charge in [-0.15, -0.1) is 0 Å². The van der Waals surface area contributed by atoms with Crippen LogP contribution in [0.3, 0.4) is 0 Å². The molecule has 4 aliphatic carbocycles. The van der Waals surface area contributed by atoms with Crippen molar-refractivity contribution in [3.63, 3.8) is 0 Å². The Bertz CT molecular complexity index is 471. The van der Waals surface area contributed by atoms with Crippen molar-refractivity contribution in [1.29, 1.82) is 0 Å². The number of rotatable bonds is 5. The molecule has 0 heterocycles. The van der Waals surface area contributed by atoms with Crippen LogP contribution in [0.4, 0.5) is 0 Å². The fourth-order valence-corrected chi connectivity index (χ4v) is 5.68. The Kier molecular flexibility index (Phi) is 4.69. The number of carbonyl (C=O) groups is 2. The minimum atomic E-state index is -0.465. The lowest BCUT2D eigenvalue weighted by atomic mass is 9.49. The van der Waals surface area contributed by atoms with E-state index in [2.05, 4.69) is 10.6 Å². The average Bonchev–Trinajstić information content (AvgIpc) is 2.44. The van der Waals surface area contributed by atoms with Crippen LogP contribution in [0, 0.1) is 28.6 Å². The zero-order valence-electron chi connectivity index (χ0n) is 15.8. The second-order valence-electron chi connectivity index (χ2n) is 9.90. The van der Waals surface area contributed by atoms with Crippen molar-refractivity contribution >= 4 is 11.8 Å². The van der Waals surface area contributed by atoms with Gasteiger partial charge in [0.2, 0.25) is 11.8 Å². The average molecular weight is 335 g/mol. The lowest BCUT2D eigenvalue weighted by Gasteiger charge is -2.57. The molecule has 4 heteroatoms. The zero-order valence-corrected chi connectivity index (χ0v) is 15.8. The summed E-state index contributed by atoms with van der Waals surface area (Å²) in [5.74, 6) is 2.73. The van der Waals surface area contributed by atoms with Crippen LogP contribution in [0.1, 0.15) is 72.6 Å². The monoisotopic (exact) mass is 334 g/mol. The minimum absolute atomic E-state index is 0.0580. The molecule has 4 saturated carbocycles. The molecule has 4 nitrogen and oxygen atoms in total. The van der Waals surface area contributed by atoms with E-state index >= 15 is 0 Å². The number of hydrogen-bond acceptors (Lipinski definition) is 2. The van der Waals surface area contributed by atoms with Gasteiger partial charge in [0.1, 0.15) is 6.04 Å². The van der Waals surface area contributed by atoms with E-state index in [1.165, 1.54) is 38.5 Å². The molecule has 0 saturated heterocycles. The Hall–Kier alpha value is -1.06. The summed E-state index contributed by atoms with van der Waals surface area (Å²) in [5.41, 5.74) is 0.0354. The van der Waals surface area contributed by atoms with Crippen LogP contribution < -0.4 is 10.6 Å². The Morgan fingerprint density at radius 1 is 1.04 bits per heavy atom. The van der Waals surface area contributed by atoms with Crippen LogP contribution in [0.2, 0.25) is 0 Å². The maximum absolute atomic E-state index is 12.3. The van der Waals surface area contributed by atoms with Crippen LogP contribution in [0.5, 0.6) is 0 Å². The van der Waals surface area contributed by atoms with Gasteiger partial charge in [-0.3, -0.25) is 9.59 Å². The maximum Gasteiger partial charge on any atom is 0.242 e. The van der Waals surface area contributed by atoms with Gasteiger partial charge in [-0.2, -0.15) is 0 Å². The molecule has 2 amide bonds. The van der Waals surface area contributed by atoms with Crippen LogP contribution in [0.25, 0.3) is 0 Å². The van der Waals surface area contributed by atoms with E-state index in [-0.39, 0.29) is 11.8 Å². The molecule has 0 radical (unpaired) electrons. The molecule has 0 spiro atoms. The van der Waals surface area contributed by atoms with Gasteiger partial charge in [-0.1, -0.05) is 20.8 Å². The summed E-state index contributed by atoms with van der Waals surface area (Å²) in [7, 11) is 0. The lowest BCUT2D eigenvalue weighted by molar-refractivity contribution is -0.133.